The van der Waals surface area contributed by atoms with Gasteiger partial charge in [-0.1, -0.05) is 0 Å². The standard InChI is InChI=1S/C9H12O4/c10-8(11)6-2-1-5-3-4-13-9(12)7(5)6/h5-7H,1-4H2,(H,10,11)/t5-,6-,7+/m1/s1. The molecule has 1 saturated carbocycles. The van der Waals surface area contributed by atoms with E-state index in [-0.39, 0.29) is 17.8 Å². The molecular weight excluding hydrogens is 172 g/mol. The summed E-state index contributed by atoms with van der Waals surface area (Å²) < 4.78 is 4.87. The Bertz CT molecular complexity index is 248. The predicted octanol–water partition coefficient (Wildman–Crippen LogP) is 0.660. The zero-order chi connectivity index (χ0) is 9.42. The number of hydrogen-bond donors (Lipinski definition) is 1. The van der Waals surface area contributed by atoms with Crippen molar-refractivity contribution >= 4 is 11.9 Å². The molecule has 0 aromatic heterocycles. The maximum Gasteiger partial charge on any atom is 0.310 e. The van der Waals surface area contributed by atoms with Crippen LogP contribution in [0.4, 0.5) is 0 Å². The van der Waals surface area contributed by atoms with E-state index in [2.05, 4.69) is 0 Å². The number of carboxylic acid groups (broad SMARTS) is 1. The van der Waals surface area contributed by atoms with Gasteiger partial charge in [-0.2, -0.15) is 0 Å². The molecule has 0 amide bonds. The molecule has 4 nitrogen and oxygen atoms in total. The van der Waals surface area contributed by atoms with Crippen molar-refractivity contribution in [1.29, 1.82) is 0 Å². The maximum absolute atomic E-state index is 11.3. The van der Waals surface area contributed by atoms with Crippen molar-refractivity contribution in [2.45, 2.75) is 19.3 Å². The number of cyclic esters (lactones) is 1. The SMILES string of the molecule is O=C1OCC[C@H]2CC[C@@H](C(=O)O)[C@@H]12. The van der Waals surface area contributed by atoms with E-state index < -0.39 is 11.9 Å². The Morgan fingerprint density at radius 1 is 1.38 bits per heavy atom. The summed E-state index contributed by atoms with van der Waals surface area (Å²) in [5, 5.41) is 8.86. The second kappa shape index (κ2) is 3.01. The molecule has 0 spiro atoms. The Morgan fingerprint density at radius 3 is 2.85 bits per heavy atom. The lowest BCUT2D eigenvalue weighted by Crippen LogP contribution is -2.35. The Morgan fingerprint density at radius 2 is 2.15 bits per heavy atom. The molecule has 0 bridgehead atoms. The van der Waals surface area contributed by atoms with Gasteiger partial charge < -0.3 is 9.84 Å². The van der Waals surface area contributed by atoms with E-state index in [1.165, 1.54) is 0 Å². The zero-order valence-corrected chi connectivity index (χ0v) is 7.23. The minimum Gasteiger partial charge on any atom is -0.481 e. The number of esters is 1. The Hall–Kier alpha value is -1.06. The number of carboxylic acids is 1. The van der Waals surface area contributed by atoms with Gasteiger partial charge in [0.2, 0.25) is 0 Å². The van der Waals surface area contributed by atoms with Gasteiger partial charge in [0.05, 0.1) is 18.4 Å². The predicted molar refractivity (Wildman–Crippen MR) is 42.9 cm³/mol. The van der Waals surface area contributed by atoms with Crippen LogP contribution >= 0.6 is 0 Å². The zero-order valence-electron chi connectivity index (χ0n) is 7.23. The highest BCUT2D eigenvalue weighted by molar-refractivity contribution is 5.82. The van der Waals surface area contributed by atoms with Crippen LogP contribution in [0.15, 0.2) is 0 Å². The molecule has 1 saturated heterocycles. The molecule has 72 valence electrons. The third kappa shape index (κ3) is 1.30. The van der Waals surface area contributed by atoms with Crippen molar-refractivity contribution in [3.05, 3.63) is 0 Å². The number of ether oxygens (including phenoxy) is 1. The van der Waals surface area contributed by atoms with Gasteiger partial charge in [-0.3, -0.25) is 9.59 Å². The molecule has 13 heavy (non-hydrogen) atoms. The third-order valence-corrected chi connectivity index (χ3v) is 3.11. The summed E-state index contributed by atoms with van der Waals surface area (Å²) >= 11 is 0. The van der Waals surface area contributed by atoms with Gasteiger partial charge in [0.25, 0.3) is 0 Å². The van der Waals surface area contributed by atoms with Crippen molar-refractivity contribution < 1.29 is 19.4 Å². The number of hydrogen-bond acceptors (Lipinski definition) is 3. The van der Waals surface area contributed by atoms with Gasteiger partial charge >= 0.3 is 11.9 Å². The highest BCUT2D eigenvalue weighted by Crippen LogP contribution is 2.42. The van der Waals surface area contributed by atoms with E-state index in [1.807, 2.05) is 0 Å². The smallest absolute Gasteiger partial charge is 0.310 e. The summed E-state index contributed by atoms with van der Waals surface area (Å²) in [7, 11) is 0. The summed E-state index contributed by atoms with van der Waals surface area (Å²) in [5.41, 5.74) is 0. The second-order valence-corrected chi connectivity index (χ2v) is 3.76. The lowest BCUT2D eigenvalue weighted by atomic mass is 9.86. The first-order valence-corrected chi connectivity index (χ1v) is 4.59. The molecule has 0 aromatic carbocycles. The first-order valence-electron chi connectivity index (χ1n) is 4.59. The molecule has 1 aliphatic heterocycles. The van der Waals surface area contributed by atoms with E-state index in [4.69, 9.17) is 9.84 Å². The van der Waals surface area contributed by atoms with Gasteiger partial charge in [0, 0.05) is 0 Å². The quantitative estimate of drug-likeness (QED) is 0.608. The minimum atomic E-state index is -0.855. The number of aliphatic carboxylic acids is 1. The monoisotopic (exact) mass is 184 g/mol. The van der Waals surface area contributed by atoms with E-state index in [9.17, 15) is 9.59 Å². The fourth-order valence-corrected chi connectivity index (χ4v) is 2.45. The van der Waals surface area contributed by atoms with Crippen LogP contribution in [0.2, 0.25) is 0 Å². The van der Waals surface area contributed by atoms with Crippen LogP contribution in [0, 0.1) is 17.8 Å². The van der Waals surface area contributed by atoms with Crippen LogP contribution < -0.4 is 0 Å². The average Bonchev–Trinajstić information content (AvgIpc) is 2.49. The van der Waals surface area contributed by atoms with Crippen molar-refractivity contribution in [2.24, 2.45) is 17.8 Å². The van der Waals surface area contributed by atoms with E-state index in [0.29, 0.717) is 13.0 Å². The van der Waals surface area contributed by atoms with Crippen molar-refractivity contribution in [3.63, 3.8) is 0 Å². The Kier molecular flexibility index (Phi) is 1.98. The molecule has 4 heteroatoms. The van der Waals surface area contributed by atoms with Crippen LogP contribution in [-0.4, -0.2) is 23.7 Å². The van der Waals surface area contributed by atoms with Gasteiger partial charge in [-0.15, -0.1) is 0 Å². The molecule has 2 rings (SSSR count). The number of carbonyl (C=O) groups is 2. The highest BCUT2D eigenvalue weighted by atomic mass is 16.5. The summed E-state index contributed by atoms with van der Waals surface area (Å²) in [4.78, 5) is 22.1. The molecule has 1 heterocycles. The first kappa shape index (κ1) is 8.53. The second-order valence-electron chi connectivity index (χ2n) is 3.76. The van der Waals surface area contributed by atoms with Crippen molar-refractivity contribution in [1.82, 2.24) is 0 Å². The van der Waals surface area contributed by atoms with E-state index in [0.717, 1.165) is 12.8 Å². The van der Waals surface area contributed by atoms with Crippen LogP contribution in [0.5, 0.6) is 0 Å². The normalized spacial score (nSPS) is 38.2. The summed E-state index contributed by atoms with van der Waals surface area (Å²) in [6.07, 6.45) is 2.32. The number of carbonyl (C=O) groups excluding carboxylic acids is 1. The Balaban J connectivity index is 2.18. The van der Waals surface area contributed by atoms with Gasteiger partial charge in [-0.05, 0) is 25.2 Å². The lowest BCUT2D eigenvalue weighted by molar-refractivity contribution is -0.162. The molecule has 0 radical (unpaired) electrons. The molecule has 2 fully saturated rings. The third-order valence-electron chi connectivity index (χ3n) is 3.11. The molecule has 0 aromatic rings. The lowest BCUT2D eigenvalue weighted by Gasteiger charge is -2.25. The molecule has 0 unspecified atom stereocenters. The maximum atomic E-state index is 11.3. The fraction of sp³-hybridized carbons (Fsp3) is 0.778. The van der Waals surface area contributed by atoms with E-state index >= 15 is 0 Å². The summed E-state index contributed by atoms with van der Waals surface area (Å²) in [6, 6.07) is 0. The number of rotatable bonds is 1. The largest absolute Gasteiger partial charge is 0.481 e. The first-order chi connectivity index (χ1) is 6.20. The van der Waals surface area contributed by atoms with Crippen molar-refractivity contribution in [3.8, 4) is 0 Å². The molecular formula is C9H12O4. The topological polar surface area (TPSA) is 63.6 Å². The number of fused-ring (bicyclic) bond motifs is 1. The van der Waals surface area contributed by atoms with Crippen LogP contribution in [0.25, 0.3) is 0 Å². The highest BCUT2D eigenvalue weighted by Gasteiger charge is 2.47. The van der Waals surface area contributed by atoms with Gasteiger partial charge in [-0.25, -0.2) is 0 Å². The molecule has 3 atom stereocenters. The van der Waals surface area contributed by atoms with E-state index in [1.54, 1.807) is 0 Å². The van der Waals surface area contributed by atoms with Crippen LogP contribution in [-0.2, 0) is 14.3 Å². The molecule has 1 N–H and O–H groups in total. The van der Waals surface area contributed by atoms with Gasteiger partial charge in [0.15, 0.2) is 0 Å². The average molecular weight is 184 g/mol. The summed E-state index contributed by atoms with van der Waals surface area (Å²) in [5.74, 6) is -1.78. The van der Waals surface area contributed by atoms with Crippen LogP contribution in [0.3, 0.4) is 0 Å². The van der Waals surface area contributed by atoms with Crippen LogP contribution in [0.1, 0.15) is 19.3 Å². The molecule has 1 aliphatic carbocycles. The summed E-state index contributed by atoms with van der Waals surface area (Å²) in [6.45, 7) is 0.465. The molecule has 2 aliphatic rings. The van der Waals surface area contributed by atoms with Crippen molar-refractivity contribution in [2.75, 3.05) is 6.61 Å². The minimum absolute atomic E-state index is 0.252. The fourth-order valence-electron chi connectivity index (χ4n) is 2.45. The Labute approximate surface area is 75.9 Å². The van der Waals surface area contributed by atoms with Gasteiger partial charge in [0.1, 0.15) is 0 Å².